The van der Waals surface area contributed by atoms with E-state index in [2.05, 4.69) is 15.0 Å². The maximum absolute atomic E-state index is 9.57. The van der Waals surface area contributed by atoms with Crippen molar-refractivity contribution >= 4 is 32.7 Å². The van der Waals surface area contributed by atoms with Crippen molar-refractivity contribution in [3.05, 3.63) is 163 Å². The Morgan fingerprint density at radius 1 is 0.447 bits per heavy atom. The van der Waals surface area contributed by atoms with Gasteiger partial charge in [0.1, 0.15) is 11.2 Å². The van der Waals surface area contributed by atoms with E-state index >= 15 is 0 Å². The fourth-order valence-electron chi connectivity index (χ4n) is 5.14. The average molecular weight is 623 g/mol. The standard InChI is InChI=1S/C43H27N3O/c1-4-12-28(13-5-1)32-22-20-30-21-23-33(25-34(30)24-32)42-44-41(31-16-8-3-9-17-31)45-43(46-42)37-26-35(29-14-6-2-7-15-29)27-39-40(37)36-18-10-11-19-38(36)47-39/h1-27H/i1D,2D,3D,4D,5D,6D,7D,8D,9D,12D,13D,14D,15D,16D,17D,20D,21D,22D,23D,24D,25D. The lowest BCUT2D eigenvalue weighted by molar-refractivity contribution is 0.669. The molecule has 4 nitrogen and oxygen atoms in total. The summed E-state index contributed by atoms with van der Waals surface area (Å²) in [5, 5.41) is -0.406. The summed E-state index contributed by atoms with van der Waals surface area (Å²) in [4.78, 5) is 13.7. The van der Waals surface area contributed by atoms with Gasteiger partial charge in [0.2, 0.25) is 0 Å². The molecule has 2 heterocycles. The molecule has 0 amide bonds. The summed E-state index contributed by atoms with van der Waals surface area (Å²) in [5.74, 6) is -1.67. The van der Waals surface area contributed by atoms with E-state index in [9.17, 15) is 4.11 Å². The van der Waals surface area contributed by atoms with E-state index in [0.717, 1.165) is 0 Å². The molecule has 0 aliphatic carbocycles. The predicted octanol–water partition coefficient (Wildman–Crippen LogP) is 11.3. The quantitative estimate of drug-likeness (QED) is 0.192. The molecule has 47 heavy (non-hydrogen) atoms. The molecule has 0 fully saturated rings. The fourth-order valence-corrected chi connectivity index (χ4v) is 5.14. The van der Waals surface area contributed by atoms with E-state index in [4.69, 9.17) is 29.1 Å². The molecule has 9 rings (SSSR count). The largest absolute Gasteiger partial charge is 0.456 e. The van der Waals surface area contributed by atoms with E-state index in [1.165, 1.54) is 12.1 Å². The third kappa shape index (κ3) is 4.93. The molecule has 0 saturated carbocycles. The summed E-state index contributed by atoms with van der Waals surface area (Å²) in [6, 6.07) is -6.49. The van der Waals surface area contributed by atoms with Crippen molar-refractivity contribution < 1.29 is 33.2 Å². The van der Waals surface area contributed by atoms with Gasteiger partial charge < -0.3 is 4.42 Å². The molecule has 0 aliphatic rings. The number of rotatable bonds is 5. The van der Waals surface area contributed by atoms with Crippen molar-refractivity contribution in [3.8, 4) is 56.4 Å². The molecule has 220 valence electrons. The van der Waals surface area contributed by atoms with Gasteiger partial charge in [0, 0.05) is 27.5 Å². The van der Waals surface area contributed by atoms with Crippen LogP contribution in [0.5, 0.6) is 0 Å². The van der Waals surface area contributed by atoms with Crippen molar-refractivity contribution in [2.45, 2.75) is 0 Å². The van der Waals surface area contributed by atoms with Gasteiger partial charge in [-0.15, -0.1) is 0 Å². The minimum absolute atomic E-state index is 0.00425. The summed E-state index contributed by atoms with van der Waals surface area (Å²) >= 11 is 0. The molecular weight excluding hydrogens is 574 g/mol. The van der Waals surface area contributed by atoms with Crippen molar-refractivity contribution in [2.24, 2.45) is 0 Å². The molecule has 2 aromatic heterocycles. The van der Waals surface area contributed by atoms with Crippen LogP contribution in [0.15, 0.2) is 168 Å². The van der Waals surface area contributed by atoms with Crippen LogP contribution in [-0.4, -0.2) is 15.0 Å². The Labute approximate surface area is 301 Å². The first kappa shape index (κ1) is 13.1. The SMILES string of the molecule is [2H]c1c([2H])c([2H])c(-c2cc(-c3nc(-c4c([2H])c([2H])c([2H])c([2H])c4[2H])nc(-c4c([2H])c([2H])c5c([2H])c([2H])c(-c6c([2H])c([2H])c([2H])c([2H])c6[2H])c([2H])c5c4[2H])n3)c3c(c2)oc2ccccc23)c([2H])c1[2H]. The zero-order valence-corrected chi connectivity index (χ0v) is 23.7. The number of aromatic nitrogens is 3. The normalized spacial score (nSPS) is 17.7. The number of hydrogen-bond donors (Lipinski definition) is 0. The van der Waals surface area contributed by atoms with Gasteiger partial charge in [0.15, 0.2) is 17.5 Å². The van der Waals surface area contributed by atoms with Crippen LogP contribution in [0.3, 0.4) is 0 Å². The highest BCUT2D eigenvalue weighted by Gasteiger charge is 2.19. The molecule has 0 N–H and O–H groups in total. The first-order valence-electron chi connectivity index (χ1n) is 24.5. The number of para-hydroxylation sites is 1. The lowest BCUT2D eigenvalue weighted by atomic mass is 9.98. The van der Waals surface area contributed by atoms with Gasteiger partial charge in [-0.05, 0) is 63.3 Å². The molecule has 0 bridgehead atoms. The molecule has 0 radical (unpaired) electrons. The molecule has 7 aromatic carbocycles. The smallest absolute Gasteiger partial charge is 0.164 e. The van der Waals surface area contributed by atoms with E-state index in [1.807, 2.05) is 0 Å². The van der Waals surface area contributed by atoms with Crippen molar-refractivity contribution in [3.63, 3.8) is 0 Å². The van der Waals surface area contributed by atoms with Crippen LogP contribution in [-0.2, 0) is 0 Å². The first-order valence-corrected chi connectivity index (χ1v) is 14.0. The van der Waals surface area contributed by atoms with Crippen molar-refractivity contribution in [1.82, 2.24) is 15.0 Å². The van der Waals surface area contributed by atoms with E-state index in [1.54, 1.807) is 24.3 Å². The van der Waals surface area contributed by atoms with Gasteiger partial charge in [-0.3, -0.25) is 0 Å². The van der Waals surface area contributed by atoms with Crippen LogP contribution in [0, 0.1) is 0 Å². The van der Waals surface area contributed by atoms with Gasteiger partial charge in [0.05, 0.1) is 28.8 Å². The van der Waals surface area contributed by atoms with Gasteiger partial charge in [-0.25, -0.2) is 15.0 Å². The van der Waals surface area contributed by atoms with Gasteiger partial charge in [-0.1, -0.05) is 133 Å². The second-order valence-corrected chi connectivity index (χ2v) is 10.1. The maximum Gasteiger partial charge on any atom is 0.164 e. The second-order valence-electron chi connectivity index (χ2n) is 10.1. The summed E-state index contributed by atoms with van der Waals surface area (Å²) in [6.07, 6.45) is 0. The van der Waals surface area contributed by atoms with Gasteiger partial charge in [0.25, 0.3) is 0 Å². The number of hydrogen-bond acceptors (Lipinski definition) is 4. The van der Waals surface area contributed by atoms with Crippen LogP contribution in [0.25, 0.3) is 89.1 Å². The summed E-state index contributed by atoms with van der Waals surface area (Å²) < 4.78 is 188. The van der Waals surface area contributed by atoms with Crippen LogP contribution in [0.1, 0.15) is 28.8 Å². The second kappa shape index (κ2) is 11.2. The Balaban J connectivity index is 1.45. The van der Waals surface area contributed by atoms with Crippen molar-refractivity contribution in [2.75, 3.05) is 0 Å². The van der Waals surface area contributed by atoms with Gasteiger partial charge in [-0.2, -0.15) is 0 Å². The first-order chi connectivity index (χ1) is 32.0. The minimum atomic E-state index is -0.832. The highest BCUT2D eigenvalue weighted by atomic mass is 16.3. The predicted molar refractivity (Wildman–Crippen MR) is 192 cm³/mol. The highest BCUT2D eigenvalue weighted by Crippen LogP contribution is 2.40. The molecule has 0 atom stereocenters. The third-order valence-corrected chi connectivity index (χ3v) is 7.22. The molecule has 0 saturated heterocycles. The molecule has 0 spiro atoms. The maximum atomic E-state index is 9.57. The third-order valence-electron chi connectivity index (χ3n) is 7.22. The number of furan rings is 1. The Bertz CT molecular complexity index is 3690. The van der Waals surface area contributed by atoms with E-state index in [-0.39, 0.29) is 27.7 Å². The lowest BCUT2D eigenvalue weighted by Gasteiger charge is -2.12. The molecule has 0 unspecified atom stereocenters. The zero-order chi connectivity index (χ0) is 49.4. The summed E-state index contributed by atoms with van der Waals surface area (Å²) in [7, 11) is 0. The van der Waals surface area contributed by atoms with E-state index < -0.39 is 177 Å². The van der Waals surface area contributed by atoms with Crippen LogP contribution >= 0.6 is 0 Å². The van der Waals surface area contributed by atoms with E-state index in [0.29, 0.717) is 11.0 Å². The minimum Gasteiger partial charge on any atom is -0.456 e. The topological polar surface area (TPSA) is 51.8 Å². The highest BCUT2D eigenvalue weighted by molar-refractivity contribution is 6.13. The van der Waals surface area contributed by atoms with Crippen molar-refractivity contribution in [1.29, 1.82) is 0 Å². The Kier molecular flexibility index (Phi) is 3.13. The molecule has 9 aromatic rings. The average Bonchev–Trinajstić information content (AvgIpc) is 3.70. The number of nitrogens with zero attached hydrogens (tertiary/aromatic N) is 3. The Morgan fingerprint density at radius 2 is 1.02 bits per heavy atom. The van der Waals surface area contributed by atoms with Gasteiger partial charge >= 0.3 is 0 Å². The van der Waals surface area contributed by atoms with Crippen LogP contribution in [0.4, 0.5) is 0 Å². The monoisotopic (exact) mass is 622 g/mol. The number of benzene rings is 7. The van der Waals surface area contributed by atoms with Crippen LogP contribution in [0.2, 0.25) is 0 Å². The fraction of sp³-hybridized carbons (Fsp3) is 0. The Morgan fingerprint density at radius 3 is 1.74 bits per heavy atom. The number of fused-ring (bicyclic) bond motifs is 4. The summed E-state index contributed by atoms with van der Waals surface area (Å²) in [5.41, 5.74) is -2.34. The summed E-state index contributed by atoms with van der Waals surface area (Å²) in [6.45, 7) is 0. The lowest BCUT2D eigenvalue weighted by Crippen LogP contribution is -2.00. The van der Waals surface area contributed by atoms with Crippen LogP contribution < -0.4 is 0 Å². The molecular formula is C43H27N3O. The molecule has 0 aliphatic heterocycles. The molecule has 4 heteroatoms. The zero-order valence-electron chi connectivity index (χ0n) is 44.7. The Hall–Kier alpha value is -6.39.